The van der Waals surface area contributed by atoms with E-state index in [1.165, 1.54) is 0 Å². The van der Waals surface area contributed by atoms with E-state index in [9.17, 15) is 4.79 Å². The summed E-state index contributed by atoms with van der Waals surface area (Å²) in [6, 6.07) is 4.03. The van der Waals surface area contributed by atoms with E-state index < -0.39 is 5.60 Å². The van der Waals surface area contributed by atoms with Crippen molar-refractivity contribution in [3.05, 3.63) is 24.5 Å². The summed E-state index contributed by atoms with van der Waals surface area (Å²) in [4.78, 5) is 20.1. The second kappa shape index (κ2) is 4.36. The summed E-state index contributed by atoms with van der Waals surface area (Å²) in [7, 11) is 0. The van der Waals surface area contributed by atoms with E-state index in [4.69, 9.17) is 4.74 Å². The van der Waals surface area contributed by atoms with E-state index >= 15 is 0 Å². The van der Waals surface area contributed by atoms with Crippen molar-refractivity contribution < 1.29 is 9.53 Å². The minimum absolute atomic E-state index is 0.192. The van der Waals surface area contributed by atoms with Crippen LogP contribution in [0.4, 0.5) is 10.5 Å². The van der Waals surface area contributed by atoms with E-state index in [1.807, 2.05) is 33.0 Å². The van der Waals surface area contributed by atoms with Crippen molar-refractivity contribution in [2.45, 2.75) is 26.4 Å². The molecule has 0 radical (unpaired) electrons. The van der Waals surface area contributed by atoms with Crippen LogP contribution in [0.3, 0.4) is 0 Å². The molecule has 2 fully saturated rings. The van der Waals surface area contributed by atoms with E-state index in [2.05, 4.69) is 16.0 Å². The van der Waals surface area contributed by atoms with Gasteiger partial charge in [0.25, 0.3) is 0 Å². The first-order valence-corrected chi connectivity index (χ1v) is 7.00. The van der Waals surface area contributed by atoms with Crippen LogP contribution in [-0.4, -0.2) is 47.8 Å². The number of anilines is 1. The molecule has 2 aliphatic heterocycles. The van der Waals surface area contributed by atoms with Gasteiger partial charge < -0.3 is 14.5 Å². The van der Waals surface area contributed by atoms with Gasteiger partial charge in [0, 0.05) is 37.8 Å². The Morgan fingerprint density at radius 1 is 1.30 bits per heavy atom. The number of amides is 1. The predicted molar refractivity (Wildman–Crippen MR) is 76.7 cm³/mol. The van der Waals surface area contributed by atoms with Crippen LogP contribution in [0.1, 0.15) is 20.8 Å². The molecular weight excluding hydrogens is 254 g/mol. The lowest BCUT2D eigenvalue weighted by Crippen LogP contribution is -2.73. The molecule has 1 amide bonds. The summed E-state index contributed by atoms with van der Waals surface area (Å²) in [5, 5.41) is 0. The molecule has 0 bridgehead atoms. The highest BCUT2D eigenvalue weighted by Gasteiger charge is 2.54. The monoisotopic (exact) mass is 275 g/mol. The fourth-order valence-corrected chi connectivity index (χ4v) is 2.91. The number of rotatable bonds is 1. The van der Waals surface area contributed by atoms with E-state index in [0.717, 1.165) is 31.9 Å². The second-order valence-electron chi connectivity index (χ2n) is 6.90. The number of nitrogens with zero attached hydrogens (tertiary/aromatic N) is 3. The fourth-order valence-electron chi connectivity index (χ4n) is 2.91. The zero-order valence-corrected chi connectivity index (χ0v) is 12.3. The molecule has 3 heterocycles. The molecule has 3 rings (SSSR count). The molecule has 1 aromatic heterocycles. The summed E-state index contributed by atoms with van der Waals surface area (Å²) in [6.07, 6.45) is 3.48. The van der Waals surface area contributed by atoms with Gasteiger partial charge >= 0.3 is 6.09 Å². The van der Waals surface area contributed by atoms with Crippen molar-refractivity contribution in [3.63, 3.8) is 0 Å². The number of pyridine rings is 1. The summed E-state index contributed by atoms with van der Waals surface area (Å²) in [6.45, 7) is 9.29. The Morgan fingerprint density at radius 3 is 2.55 bits per heavy atom. The van der Waals surface area contributed by atoms with Gasteiger partial charge in [-0.1, -0.05) is 0 Å². The molecule has 2 saturated heterocycles. The van der Waals surface area contributed by atoms with Gasteiger partial charge in [0.15, 0.2) is 0 Å². The maximum absolute atomic E-state index is 11.9. The van der Waals surface area contributed by atoms with Gasteiger partial charge in [-0.05, 0) is 32.9 Å². The molecule has 0 aromatic carbocycles. The third-order valence-corrected chi connectivity index (χ3v) is 3.77. The smallest absolute Gasteiger partial charge is 0.410 e. The molecule has 0 atom stereocenters. The van der Waals surface area contributed by atoms with Crippen LogP contribution in [0.5, 0.6) is 0 Å². The van der Waals surface area contributed by atoms with Gasteiger partial charge in [-0.2, -0.15) is 0 Å². The lowest BCUT2D eigenvalue weighted by atomic mass is 9.73. The Morgan fingerprint density at radius 2 is 2.00 bits per heavy atom. The zero-order valence-electron chi connectivity index (χ0n) is 12.3. The topological polar surface area (TPSA) is 45.7 Å². The third kappa shape index (κ3) is 2.44. The van der Waals surface area contributed by atoms with Gasteiger partial charge in [-0.3, -0.25) is 4.98 Å². The molecule has 2 aliphatic rings. The van der Waals surface area contributed by atoms with Crippen LogP contribution in [0.25, 0.3) is 0 Å². The standard InChI is InChI=1S/C15H21N3O2/c1-14(2,3)20-13(19)18-10-15(11-18)8-17(9-15)12-5-4-6-16-7-12/h4-7H,8-11H2,1-3H3. The van der Waals surface area contributed by atoms with E-state index in [-0.39, 0.29) is 11.5 Å². The summed E-state index contributed by atoms with van der Waals surface area (Å²) >= 11 is 0. The van der Waals surface area contributed by atoms with E-state index in [1.54, 1.807) is 11.1 Å². The SMILES string of the molecule is CC(C)(C)OC(=O)N1CC2(C1)CN(c1cccnc1)C2. The first-order chi connectivity index (χ1) is 9.37. The number of aromatic nitrogens is 1. The molecule has 0 saturated carbocycles. The number of likely N-dealkylation sites (tertiary alicyclic amines) is 1. The average Bonchev–Trinajstić information content (AvgIpc) is 2.24. The van der Waals surface area contributed by atoms with Crippen LogP contribution in [0.15, 0.2) is 24.5 Å². The normalized spacial score (nSPS) is 20.4. The van der Waals surface area contributed by atoms with Gasteiger partial charge in [0.05, 0.1) is 11.9 Å². The van der Waals surface area contributed by atoms with Crippen LogP contribution >= 0.6 is 0 Å². The lowest BCUT2D eigenvalue weighted by Gasteiger charge is -2.60. The van der Waals surface area contributed by atoms with Gasteiger partial charge in [-0.15, -0.1) is 0 Å². The molecule has 1 aromatic rings. The predicted octanol–water partition coefficient (Wildman–Crippen LogP) is 2.14. The van der Waals surface area contributed by atoms with Gasteiger partial charge in [0.1, 0.15) is 5.60 Å². The quantitative estimate of drug-likeness (QED) is 0.787. The molecule has 0 unspecified atom stereocenters. The van der Waals surface area contributed by atoms with Crippen molar-refractivity contribution in [1.82, 2.24) is 9.88 Å². The highest BCUT2D eigenvalue weighted by Crippen LogP contribution is 2.42. The minimum atomic E-state index is -0.415. The van der Waals surface area contributed by atoms with Gasteiger partial charge in [0.2, 0.25) is 0 Å². The average molecular weight is 275 g/mol. The Hall–Kier alpha value is -1.78. The number of carbonyl (C=O) groups excluding carboxylic acids is 1. The highest BCUT2D eigenvalue weighted by atomic mass is 16.6. The second-order valence-corrected chi connectivity index (χ2v) is 6.90. The Bertz CT molecular complexity index is 496. The van der Waals surface area contributed by atoms with Crippen molar-refractivity contribution in [1.29, 1.82) is 0 Å². The van der Waals surface area contributed by atoms with Crippen molar-refractivity contribution >= 4 is 11.8 Å². The molecular formula is C15H21N3O2. The Labute approximate surface area is 119 Å². The summed E-state index contributed by atoms with van der Waals surface area (Å²) in [5.74, 6) is 0. The third-order valence-electron chi connectivity index (χ3n) is 3.77. The molecule has 20 heavy (non-hydrogen) atoms. The molecule has 5 nitrogen and oxygen atoms in total. The Balaban J connectivity index is 1.49. The van der Waals surface area contributed by atoms with Crippen molar-refractivity contribution in [2.75, 3.05) is 31.1 Å². The lowest BCUT2D eigenvalue weighted by molar-refractivity contribution is -0.0453. The van der Waals surface area contributed by atoms with Crippen LogP contribution in [-0.2, 0) is 4.74 Å². The first-order valence-electron chi connectivity index (χ1n) is 7.00. The summed E-state index contributed by atoms with van der Waals surface area (Å²) < 4.78 is 5.38. The number of carbonyl (C=O) groups is 1. The maximum atomic E-state index is 11.9. The zero-order chi connectivity index (χ0) is 14.4. The Kier molecular flexibility index (Phi) is 2.88. The van der Waals surface area contributed by atoms with E-state index in [0.29, 0.717) is 0 Å². The van der Waals surface area contributed by atoms with Crippen molar-refractivity contribution in [3.8, 4) is 0 Å². The highest BCUT2D eigenvalue weighted by molar-refractivity contribution is 5.70. The first kappa shape index (κ1) is 13.2. The summed E-state index contributed by atoms with van der Waals surface area (Å²) in [5.41, 5.74) is 1.02. The fraction of sp³-hybridized carbons (Fsp3) is 0.600. The molecule has 0 aliphatic carbocycles. The minimum Gasteiger partial charge on any atom is -0.444 e. The molecule has 108 valence electrons. The largest absolute Gasteiger partial charge is 0.444 e. The molecule has 1 spiro atoms. The molecule has 5 heteroatoms. The number of ether oxygens (including phenoxy) is 1. The maximum Gasteiger partial charge on any atom is 0.410 e. The number of hydrogen-bond donors (Lipinski definition) is 0. The van der Waals surface area contributed by atoms with Crippen LogP contribution < -0.4 is 4.90 Å². The number of hydrogen-bond acceptors (Lipinski definition) is 4. The van der Waals surface area contributed by atoms with Crippen LogP contribution in [0, 0.1) is 5.41 Å². The van der Waals surface area contributed by atoms with Crippen LogP contribution in [0.2, 0.25) is 0 Å². The van der Waals surface area contributed by atoms with Crippen molar-refractivity contribution in [2.24, 2.45) is 5.41 Å². The van der Waals surface area contributed by atoms with Gasteiger partial charge in [-0.25, -0.2) is 4.79 Å². The molecule has 0 N–H and O–H groups in total.